The smallest absolute Gasteiger partial charge is 0.332 e. The number of imidazole rings is 1. The highest BCUT2D eigenvalue weighted by Crippen LogP contribution is 2.24. The second-order valence-electron chi connectivity index (χ2n) is 8.32. The Morgan fingerprint density at radius 2 is 1.84 bits per heavy atom. The lowest BCUT2D eigenvalue weighted by Gasteiger charge is -2.24. The minimum absolute atomic E-state index is 0.0241. The van der Waals surface area contributed by atoms with Crippen molar-refractivity contribution in [2.45, 2.75) is 50.8 Å². The number of hydrogen-bond donors (Lipinski definition) is 2. The molecule has 1 saturated carbocycles. The Morgan fingerprint density at radius 3 is 2.53 bits per heavy atom. The molecule has 0 amide bonds. The van der Waals surface area contributed by atoms with Gasteiger partial charge < -0.3 is 19.7 Å². The average molecular weight is 462 g/mol. The number of nitrogens with zero attached hydrogens (tertiary/aromatic N) is 4. The molecular weight excluding hydrogens is 434 g/mol. The summed E-state index contributed by atoms with van der Waals surface area (Å²) < 4.78 is 9.75. The lowest BCUT2D eigenvalue weighted by atomic mass is 9.96. The van der Waals surface area contributed by atoms with Crippen LogP contribution in [0.4, 0.5) is 5.95 Å². The van der Waals surface area contributed by atoms with Crippen LogP contribution in [0.5, 0.6) is 5.75 Å². The van der Waals surface area contributed by atoms with E-state index in [0.717, 1.165) is 30.3 Å². The van der Waals surface area contributed by atoms with Gasteiger partial charge in [-0.05, 0) is 37.1 Å². The Kier molecular flexibility index (Phi) is 6.57. The number of nitrogens with one attached hydrogen (secondary N) is 1. The van der Waals surface area contributed by atoms with Crippen molar-refractivity contribution in [2.75, 3.05) is 11.9 Å². The lowest BCUT2D eigenvalue weighted by molar-refractivity contribution is 0.0937. The Hall–Kier alpha value is -2.78. The van der Waals surface area contributed by atoms with Crippen LogP contribution in [0.1, 0.15) is 32.1 Å². The molecule has 1 aliphatic rings. The molecule has 0 aliphatic heterocycles. The number of aromatic nitrogens is 4. The molecule has 0 spiro atoms. The van der Waals surface area contributed by atoms with Crippen LogP contribution in [0.2, 0.25) is 5.02 Å². The molecule has 1 fully saturated rings. The molecule has 2 heterocycles. The van der Waals surface area contributed by atoms with Crippen LogP contribution in [0.25, 0.3) is 11.2 Å². The van der Waals surface area contributed by atoms with Crippen molar-refractivity contribution < 1.29 is 9.84 Å². The molecule has 0 saturated heterocycles. The summed E-state index contributed by atoms with van der Waals surface area (Å²) in [4.78, 5) is 29.9. The largest absolute Gasteiger partial charge is 0.491 e. The fourth-order valence-corrected chi connectivity index (χ4v) is 4.28. The van der Waals surface area contributed by atoms with Crippen LogP contribution in [0.15, 0.2) is 33.9 Å². The molecule has 1 aliphatic carbocycles. The van der Waals surface area contributed by atoms with Crippen LogP contribution in [-0.2, 0) is 20.6 Å². The Labute approximate surface area is 190 Å². The first-order chi connectivity index (χ1) is 15.3. The Balaban J connectivity index is 1.65. The molecule has 32 heavy (non-hydrogen) atoms. The summed E-state index contributed by atoms with van der Waals surface area (Å²) in [5, 5.41) is 14.7. The van der Waals surface area contributed by atoms with Gasteiger partial charge in [-0.2, -0.15) is 4.98 Å². The number of ether oxygens (including phenoxy) is 1. The zero-order valence-corrected chi connectivity index (χ0v) is 19.0. The van der Waals surface area contributed by atoms with Gasteiger partial charge in [0.1, 0.15) is 18.5 Å². The topological polar surface area (TPSA) is 103 Å². The Morgan fingerprint density at radius 1 is 1.16 bits per heavy atom. The summed E-state index contributed by atoms with van der Waals surface area (Å²) in [7, 11) is 3.03. The van der Waals surface area contributed by atoms with Gasteiger partial charge in [-0.25, -0.2) is 4.79 Å². The monoisotopic (exact) mass is 461 g/mol. The van der Waals surface area contributed by atoms with E-state index in [4.69, 9.17) is 16.3 Å². The quantitative estimate of drug-likeness (QED) is 0.559. The molecule has 3 aromatic rings. The summed E-state index contributed by atoms with van der Waals surface area (Å²) in [6.45, 7) is 0.114. The average Bonchev–Trinajstić information content (AvgIpc) is 3.14. The minimum Gasteiger partial charge on any atom is -0.491 e. The van der Waals surface area contributed by atoms with E-state index in [-0.39, 0.29) is 24.7 Å². The van der Waals surface area contributed by atoms with E-state index in [9.17, 15) is 14.7 Å². The number of rotatable bonds is 7. The predicted molar refractivity (Wildman–Crippen MR) is 124 cm³/mol. The zero-order valence-electron chi connectivity index (χ0n) is 18.3. The van der Waals surface area contributed by atoms with Crippen molar-refractivity contribution in [3.63, 3.8) is 0 Å². The van der Waals surface area contributed by atoms with Crippen LogP contribution < -0.4 is 21.3 Å². The molecule has 0 unspecified atom stereocenters. The molecular formula is C22H28ClN5O4. The summed E-state index contributed by atoms with van der Waals surface area (Å²) in [5.41, 5.74) is -0.318. The Bertz CT molecular complexity index is 1210. The predicted octanol–water partition coefficient (Wildman–Crippen LogP) is 2.27. The van der Waals surface area contributed by atoms with Gasteiger partial charge in [0.05, 0.1) is 6.54 Å². The summed E-state index contributed by atoms with van der Waals surface area (Å²) >= 11 is 5.90. The molecule has 0 radical (unpaired) electrons. The number of aliphatic hydroxyl groups is 1. The number of halogens is 1. The highest BCUT2D eigenvalue weighted by atomic mass is 35.5. The maximum absolute atomic E-state index is 13.0. The third kappa shape index (κ3) is 4.54. The number of fused-ring (bicyclic) bond motifs is 1. The van der Waals surface area contributed by atoms with Gasteiger partial charge in [0.2, 0.25) is 5.95 Å². The van der Waals surface area contributed by atoms with Gasteiger partial charge in [-0.15, -0.1) is 0 Å². The number of anilines is 1. The third-order valence-corrected chi connectivity index (χ3v) is 6.19. The van der Waals surface area contributed by atoms with E-state index >= 15 is 0 Å². The van der Waals surface area contributed by atoms with E-state index in [1.54, 1.807) is 35.9 Å². The van der Waals surface area contributed by atoms with Crippen LogP contribution in [0.3, 0.4) is 0 Å². The molecule has 4 rings (SSSR count). The van der Waals surface area contributed by atoms with Gasteiger partial charge in [-0.3, -0.25) is 13.9 Å². The van der Waals surface area contributed by atoms with E-state index in [2.05, 4.69) is 10.3 Å². The fourth-order valence-electron chi connectivity index (χ4n) is 4.15. The highest BCUT2D eigenvalue weighted by Gasteiger charge is 2.23. The van der Waals surface area contributed by atoms with E-state index in [1.165, 1.54) is 18.0 Å². The van der Waals surface area contributed by atoms with Crippen molar-refractivity contribution in [1.29, 1.82) is 0 Å². The molecule has 172 valence electrons. The van der Waals surface area contributed by atoms with Crippen molar-refractivity contribution >= 4 is 28.7 Å². The molecule has 10 heteroatoms. The third-order valence-electron chi connectivity index (χ3n) is 5.94. The number of benzene rings is 1. The second-order valence-corrected chi connectivity index (χ2v) is 8.76. The highest BCUT2D eigenvalue weighted by molar-refractivity contribution is 6.30. The molecule has 1 atom stereocenters. The first-order valence-corrected chi connectivity index (χ1v) is 11.2. The van der Waals surface area contributed by atoms with E-state index < -0.39 is 17.4 Å². The maximum Gasteiger partial charge on any atom is 0.332 e. The first kappa shape index (κ1) is 22.4. The first-order valence-electron chi connectivity index (χ1n) is 10.8. The fraction of sp³-hybridized carbons (Fsp3) is 0.500. The molecule has 0 bridgehead atoms. The van der Waals surface area contributed by atoms with Crippen LogP contribution >= 0.6 is 11.6 Å². The van der Waals surface area contributed by atoms with E-state index in [0.29, 0.717) is 22.4 Å². The van der Waals surface area contributed by atoms with Gasteiger partial charge >= 0.3 is 5.69 Å². The molecule has 2 aromatic heterocycles. The van der Waals surface area contributed by atoms with E-state index in [1.807, 2.05) is 0 Å². The van der Waals surface area contributed by atoms with Gasteiger partial charge in [-0.1, -0.05) is 30.9 Å². The lowest BCUT2D eigenvalue weighted by Crippen LogP contribution is -2.38. The van der Waals surface area contributed by atoms with Crippen molar-refractivity contribution in [3.8, 4) is 5.75 Å². The maximum atomic E-state index is 13.0. The van der Waals surface area contributed by atoms with Crippen molar-refractivity contribution in [3.05, 3.63) is 50.1 Å². The van der Waals surface area contributed by atoms with Gasteiger partial charge in [0.15, 0.2) is 11.2 Å². The summed E-state index contributed by atoms with van der Waals surface area (Å²) in [6.07, 6.45) is 4.61. The molecule has 2 N–H and O–H groups in total. The zero-order chi connectivity index (χ0) is 22.8. The number of aryl methyl sites for hydroxylation is 1. The summed E-state index contributed by atoms with van der Waals surface area (Å²) in [5.74, 6) is 1.07. The molecule has 9 nitrogen and oxygen atoms in total. The van der Waals surface area contributed by atoms with Crippen LogP contribution in [-0.4, -0.2) is 42.5 Å². The van der Waals surface area contributed by atoms with Crippen molar-refractivity contribution in [1.82, 2.24) is 18.7 Å². The standard InChI is InChI=1S/C22H28ClN5O4/c1-26-19-18(20(30)27(2)22(26)31)28(21(25-19)24-15-6-4-3-5-7-15)12-16(29)13-32-17-10-8-14(23)9-11-17/h8-11,15-16,29H,3-7,12-13H2,1-2H3,(H,24,25)/t16-/m0/s1. The second kappa shape index (κ2) is 9.38. The minimum atomic E-state index is -0.906. The van der Waals surface area contributed by atoms with Gasteiger partial charge in [0.25, 0.3) is 5.56 Å². The molecule has 1 aromatic carbocycles. The number of hydrogen-bond acceptors (Lipinski definition) is 6. The summed E-state index contributed by atoms with van der Waals surface area (Å²) in [6, 6.07) is 7.11. The van der Waals surface area contributed by atoms with Gasteiger partial charge in [0, 0.05) is 25.2 Å². The SMILES string of the molecule is Cn1c(=O)c2c(nc(NC3CCCCC3)n2C[C@H](O)COc2ccc(Cl)cc2)n(C)c1=O. The van der Waals surface area contributed by atoms with Crippen LogP contribution in [0, 0.1) is 0 Å². The van der Waals surface area contributed by atoms with Crippen molar-refractivity contribution in [2.24, 2.45) is 14.1 Å². The normalized spacial score (nSPS) is 15.8. The number of aliphatic hydroxyl groups excluding tert-OH is 1.